The molecule has 2 aliphatic rings. The van der Waals surface area contributed by atoms with E-state index in [4.69, 9.17) is 4.42 Å². The van der Waals surface area contributed by atoms with Crippen molar-refractivity contribution in [3.63, 3.8) is 0 Å². The van der Waals surface area contributed by atoms with Crippen molar-refractivity contribution in [2.45, 2.75) is 22.7 Å². The molecule has 0 bridgehead atoms. The molecule has 0 unspecified atom stereocenters. The van der Waals surface area contributed by atoms with Crippen molar-refractivity contribution in [1.82, 2.24) is 0 Å². The van der Waals surface area contributed by atoms with Crippen LogP contribution in [0.5, 0.6) is 5.75 Å². The van der Waals surface area contributed by atoms with Crippen LogP contribution in [0.25, 0.3) is 33.4 Å². The Bertz CT molecular complexity index is 1290. The monoisotopic (exact) mass is 533 g/mol. The van der Waals surface area contributed by atoms with E-state index in [2.05, 4.69) is 13.8 Å². The van der Waals surface area contributed by atoms with Crippen LogP contribution in [0.1, 0.15) is 24.2 Å². The summed E-state index contributed by atoms with van der Waals surface area (Å²) >= 11 is -0.125. The van der Waals surface area contributed by atoms with Gasteiger partial charge < -0.3 is 0 Å². The number of fused-ring (bicyclic) bond motifs is 2. The fourth-order valence-electron chi connectivity index (χ4n) is 3.25. The summed E-state index contributed by atoms with van der Waals surface area (Å²) in [6.45, 7) is 4.36. The van der Waals surface area contributed by atoms with Crippen molar-refractivity contribution < 1.29 is 39.2 Å². The molecule has 30 heavy (non-hydrogen) atoms. The third kappa shape index (κ3) is 4.04. The summed E-state index contributed by atoms with van der Waals surface area (Å²) in [6, 6.07) is 14.6. The number of hydrogen-bond donors (Lipinski definition) is 2. The van der Waals surface area contributed by atoms with Crippen LogP contribution < -0.4 is 25.2 Å². The van der Waals surface area contributed by atoms with Gasteiger partial charge in [0.25, 0.3) is 0 Å². The van der Waals surface area contributed by atoms with Crippen molar-refractivity contribution in [3.05, 3.63) is 70.4 Å². The second-order valence-corrected chi connectivity index (χ2v) is 13.1. The Morgan fingerprint density at radius 1 is 1.03 bits per heavy atom. The van der Waals surface area contributed by atoms with Gasteiger partial charge in [0, 0.05) is 0 Å². The van der Waals surface area contributed by atoms with Gasteiger partial charge in [0.2, 0.25) is 0 Å². The summed E-state index contributed by atoms with van der Waals surface area (Å²) in [4.78, 5) is 25.0. The van der Waals surface area contributed by atoms with Gasteiger partial charge in [0.1, 0.15) is 0 Å². The predicted octanol–water partition coefficient (Wildman–Crippen LogP) is 2.47. The molecule has 0 aromatic heterocycles. The van der Waals surface area contributed by atoms with E-state index in [0.29, 0.717) is 37.3 Å². The molecule has 4 rings (SSSR count). The molecule has 2 N–H and O–H groups in total. The Labute approximate surface area is 185 Å². The minimum absolute atomic E-state index is 0.0271. The molecule has 2 aromatic rings. The second-order valence-electron chi connectivity index (χ2n) is 7.01. The maximum atomic E-state index is 12.0. The zero-order valence-corrected chi connectivity index (χ0v) is 19.2. The molecule has 2 aromatic carbocycles. The van der Waals surface area contributed by atoms with Crippen molar-refractivity contribution in [1.29, 1.82) is 0 Å². The van der Waals surface area contributed by atoms with E-state index in [1.807, 2.05) is 12.1 Å². The number of aromatic carboxylic acids is 1. The number of phenols is 1. The molecule has 0 saturated carbocycles. The van der Waals surface area contributed by atoms with Crippen LogP contribution in [0.3, 0.4) is 0 Å². The number of hydrogen-bond acceptors (Lipinski definition) is 5. The Morgan fingerprint density at radius 2 is 1.83 bits per heavy atom. The molecule has 0 atom stereocenters. The maximum absolute atomic E-state index is 12.0. The number of carbonyl (C=O) groups is 1. The summed E-state index contributed by atoms with van der Waals surface area (Å²) in [5.74, 6) is -0.652. The fourth-order valence-corrected chi connectivity index (χ4v) is 7.05. The van der Waals surface area contributed by atoms with Gasteiger partial charge in [-0.05, 0) is 0 Å². The van der Waals surface area contributed by atoms with Gasteiger partial charge in [0.05, 0.1) is 0 Å². The van der Waals surface area contributed by atoms with Crippen LogP contribution in [0.2, 0.25) is 0 Å². The van der Waals surface area contributed by atoms with E-state index in [-0.39, 0.29) is 36.6 Å². The Hall–Kier alpha value is -2.52. The summed E-state index contributed by atoms with van der Waals surface area (Å²) in [7, 11) is 1.78. The fraction of sp³-hybridized carbons (Fsp3) is 0.130. The average Bonchev–Trinajstić information content (AvgIpc) is 2.69. The van der Waals surface area contributed by atoms with Crippen LogP contribution >= 0.6 is 8.93 Å². The molecule has 1 heterocycles. The third-order valence-electron chi connectivity index (χ3n) is 4.48. The third-order valence-corrected chi connectivity index (χ3v) is 10.7. The number of rotatable bonds is 5. The van der Waals surface area contributed by atoms with Gasteiger partial charge in [-0.2, -0.15) is 0 Å². The molecule has 5 nitrogen and oxygen atoms in total. The molecule has 0 spiro atoms. The van der Waals surface area contributed by atoms with E-state index in [1.165, 1.54) is 18.2 Å². The Balaban J connectivity index is 2.07. The second kappa shape index (κ2) is 8.31. The SMILES string of the molecule is CC(C)[I-]Sc1ccc(C(=O)O)c(-c2c3ccc(=O)cc-3oc3cc(O)ccc23)c1. The first-order valence-electron chi connectivity index (χ1n) is 9.21. The Morgan fingerprint density at radius 3 is 2.57 bits per heavy atom. The molecule has 0 saturated heterocycles. The van der Waals surface area contributed by atoms with Crippen molar-refractivity contribution >= 4 is 25.9 Å². The summed E-state index contributed by atoms with van der Waals surface area (Å²) in [5, 5.41) is 20.4. The van der Waals surface area contributed by atoms with E-state index < -0.39 is 5.97 Å². The first kappa shape index (κ1) is 20.7. The standard InChI is InChI=1S/C23H18IO5S/c1-12(2)24-30-15-5-8-16(23(27)28)19(11-15)22-17-6-3-13(25)9-20(17)29-21-10-14(26)4-7-18(21)22/h3-12,25H,1-2H3,(H,27,28)/q-1. The van der Waals surface area contributed by atoms with Crippen molar-refractivity contribution in [2.75, 3.05) is 0 Å². The minimum atomic E-state index is -1.03. The first-order valence-corrected chi connectivity index (χ1v) is 13.8. The molecular formula is C23H18IO5S-. The number of carboxylic acids is 1. The zero-order chi connectivity index (χ0) is 21.4. The number of phenolic OH excluding ortho intramolecular Hbond substituents is 1. The normalized spacial score (nSPS) is 11.6. The average molecular weight is 533 g/mol. The number of alkyl halides is 1. The van der Waals surface area contributed by atoms with Crippen LogP contribution in [-0.4, -0.2) is 20.1 Å². The first-order chi connectivity index (χ1) is 14.3. The van der Waals surface area contributed by atoms with Crippen LogP contribution in [0, 0.1) is 0 Å². The van der Waals surface area contributed by atoms with Gasteiger partial charge in [-0.3, -0.25) is 0 Å². The van der Waals surface area contributed by atoms with E-state index in [0.717, 1.165) is 4.90 Å². The zero-order valence-electron chi connectivity index (χ0n) is 16.2. The molecule has 154 valence electrons. The van der Waals surface area contributed by atoms with E-state index >= 15 is 0 Å². The summed E-state index contributed by atoms with van der Waals surface area (Å²) < 4.78 is 6.48. The van der Waals surface area contributed by atoms with Crippen LogP contribution in [0.15, 0.2) is 68.7 Å². The quantitative estimate of drug-likeness (QED) is 0.233. The van der Waals surface area contributed by atoms with Gasteiger partial charge in [-0.1, -0.05) is 0 Å². The van der Waals surface area contributed by atoms with Gasteiger partial charge in [-0.25, -0.2) is 0 Å². The van der Waals surface area contributed by atoms with Gasteiger partial charge in [-0.15, -0.1) is 0 Å². The summed E-state index contributed by atoms with van der Waals surface area (Å²) in [5.41, 5.74) is 2.24. The predicted molar refractivity (Wildman–Crippen MR) is 114 cm³/mol. The molecular weight excluding hydrogens is 515 g/mol. The molecule has 7 heteroatoms. The molecule has 1 aliphatic carbocycles. The Kier molecular flexibility index (Phi) is 5.75. The van der Waals surface area contributed by atoms with Crippen LogP contribution in [-0.2, 0) is 0 Å². The summed E-state index contributed by atoms with van der Waals surface area (Å²) in [6.07, 6.45) is 0. The number of aromatic hydroxyl groups is 1. The van der Waals surface area contributed by atoms with Crippen molar-refractivity contribution in [2.24, 2.45) is 0 Å². The number of benzene rings is 3. The molecule has 1 aliphatic heterocycles. The topological polar surface area (TPSA) is 87.7 Å². The van der Waals surface area contributed by atoms with Gasteiger partial charge >= 0.3 is 186 Å². The van der Waals surface area contributed by atoms with Crippen LogP contribution in [0.4, 0.5) is 0 Å². The number of carboxylic acid groups (broad SMARTS) is 1. The van der Waals surface area contributed by atoms with E-state index in [1.54, 1.807) is 33.2 Å². The molecule has 0 radical (unpaired) electrons. The number of halogens is 1. The van der Waals surface area contributed by atoms with Gasteiger partial charge in [0.15, 0.2) is 0 Å². The molecule has 0 amide bonds. The van der Waals surface area contributed by atoms with Crippen molar-refractivity contribution in [3.8, 4) is 28.2 Å². The molecule has 0 fully saturated rings. The van der Waals surface area contributed by atoms with E-state index in [9.17, 15) is 19.8 Å².